The topological polar surface area (TPSA) is 62.3 Å². The van der Waals surface area contributed by atoms with Gasteiger partial charge in [0, 0.05) is 10.9 Å². The third kappa shape index (κ3) is 2.94. The Hall–Kier alpha value is -2.59. The molecule has 27 heavy (non-hydrogen) atoms. The van der Waals surface area contributed by atoms with E-state index in [-0.39, 0.29) is 6.42 Å². The number of carboxylic acids is 1. The van der Waals surface area contributed by atoms with E-state index in [0.29, 0.717) is 13.0 Å². The molecule has 4 rings (SSSR count). The molecule has 0 fully saturated rings. The minimum atomic E-state index is -0.825. The summed E-state index contributed by atoms with van der Waals surface area (Å²) in [6.07, 6.45) is 2.34. The van der Waals surface area contributed by atoms with Crippen LogP contribution < -0.4 is 0 Å². The molecule has 0 amide bonds. The molecule has 0 aliphatic carbocycles. The van der Waals surface area contributed by atoms with E-state index in [9.17, 15) is 9.90 Å². The van der Waals surface area contributed by atoms with E-state index in [1.807, 2.05) is 0 Å². The van der Waals surface area contributed by atoms with Crippen LogP contribution in [0.1, 0.15) is 43.0 Å². The van der Waals surface area contributed by atoms with Crippen LogP contribution in [0, 0.1) is 6.92 Å². The molecule has 1 aliphatic heterocycles. The maximum atomic E-state index is 11.6. The quantitative estimate of drug-likeness (QED) is 0.656. The molecule has 0 spiro atoms. The summed E-state index contributed by atoms with van der Waals surface area (Å²) in [4.78, 5) is 15.2. The molecular formula is C23H25NO3. The highest BCUT2D eigenvalue weighted by atomic mass is 16.5. The summed E-state index contributed by atoms with van der Waals surface area (Å²) in [5.41, 5.74) is 6.10. The molecule has 0 saturated carbocycles. The van der Waals surface area contributed by atoms with E-state index < -0.39 is 11.6 Å². The largest absolute Gasteiger partial charge is 0.481 e. The second-order valence-electron chi connectivity index (χ2n) is 7.43. The predicted octanol–water partition coefficient (Wildman–Crippen LogP) is 5.19. The highest BCUT2D eigenvalue weighted by Gasteiger charge is 2.41. The fourth-order valence-corrected chi connectivity index (χ4v) is 4.55. The number of rotatable bonds is 5. The Morgan fingerprint density at radius 1 is 1.19 bits per heavy atom. The molecule has 1 aliphatic rings. The van der Waals surface area contributed by atoms with Crippen LogP contribution in [0.2, 0.25) is 0 Å². The highest BCUT2D eigenvalue weighted by Crippen LogP contribution is 2.44. The van der Waals surface area contributed by atoms with Gasteiger partial charge in [0.15, 0.2) is 0 Å². The Morgan fingerprint density at radius 2 is 1.96 bits per heavy atom. The van der Waals surface area contributed by atoms with Crippen molar-refractivity contribution in [1.82, 2.24) is 4.98 Å². The van der Waals surface area contributed by atoms with Gasteiger partial charge >= 0.3 is 5.97 Å². The number of benzene rings is 2. The monoisotopic (exact) mass is 363 g/mol. The number of ether oxygens (including phenoxy) is 1. The standard InChI is InChI=1S/C23H25NO3/c1-3-12-23(14-20(25)26)22-18(11-13-27-23)21-17(9-6-10-19(21)24-22)16-8-5-4-7-15(16)2/h4-10,24H,3,11-14H2,1-2H3,(H,25,26). The average molecular weight is 363 g/mol. The van der Waals surface area contributed by atoms with Gasteiger partial charge in [-0.05, 0) is 48.1 Å². The summed E-state index contributed by atoms with van der Waals surface area (Å²) < 4.78 is 6.13. The highest BCUT2D eigenvalue weighted by molar-refractivity contribution is 5.99. The first-order chi connectivity index (χ1) is 13.1. The van der Waals surface area contributed by atoms with Crippen molar-refractivity contribution < 1.29 is 14.6 Å². The summed E-state index contributed by atoms with van der Waals surface area (Å²) in [7, 11) is 0. The molecule has 2 N–H and O–H groups in total. The predicted molar refractivity (Wildman–Crippen MR) is 107 cm³/mol. The van der Waals surface area contributed by atoms with Crippen LogP contribution in [0.4, 0.5) is 0 Å². The van der Waals surface area contributed by atoms with E-state index in [0.717, 1.165) is 24.1 Å². The SMILES string of the molecule is CCCC1(CC(=O)O)OCCc2c1[nH]c1cccc(-c3ccccc3C)c21. The van der Waals surface area contributed by atoms with Crippen LogP contribution in [0.5, 0.6) is 0 Å². The molecular weight excluding hydrogens is 338 g/mol. The van der Waals surface area contributed by atoms with Crippen LogP contribution in [0.15, 0.2) is 42.5 Å². The molecule has 1 unspecified atom stereocenters. The molecule has 4 nitrogen and oxygen atoms in total. The van der Waals surface area contributed by atoms with Crippen molar-refractivity contribution in [3.8, 4) is 11.1 Å². The van der Waals surface area contributed by atoms with Crippen molar-refractivity contribution in [2.24, 2.45) is 0 Å². The number of aromatic amines is 1. The van der Waals surface area contributed by atoms with Gasteiger partial charge in [0.2, 0.25) is 0 Å². The maximum Gasteiger partial charge on any atom is 0.306 e. The van der Waals surface area contributed by atoms with E-state index >= 15 is 0 Å². The number of aliphatic carboxylic acids is 1. The van der Waals surface area contributed by atoms with E-state index in [1.165, 1.54) is 27.6 Å². The number of nitrogens with one attached hydrogen (secondary N) is 1. The smallest absolute Gasteiger partial charge is 0.306 e. The zero-order chi connectivity index (χ0) is 19.0. The lowest BCUT2D eigenvalue weighted by atomic mass is 9.84. The van der Waals surface area contributed by atoms with Crippen LogP contribution >= 0.6 is 0 Å². The summed E-state index contributed by atoms with van der Waals surface area (Å²) >= 11 is 0. The second kappa shape index (κ2) is 6.86. The molecule has 0 bridgehead atoms. The number of hydrogen-bond acceptors (Lipinski definition) is 2. The number of H-pyrrole nitrogens is 1. The Kier molecular flexibility index (Phi) is 4.52. The first-order valence-corrected chi connectivity index (χ1v) is 9.61. The first kappa shape index (κ1) is 17.8. The minimum Gasteiger partial charge on any atom is -0.481 e. The lowest BCUT2D eigenvalue weighted by Crippen LogP contribution is -2.37. The van der Waals surface area contributed by atoms with Crippen molar-refractivity contribution >= 4 is 16.9 Å². The van der Waals surface area contributed by atoms with Gasteiger partial charge in [0.1, 0.15) is 5.60 Å². The first-order valence-electron chi connectivity index (χ1n) is 9.61. The van der Waals surface area contributed by atoms with Crippen molar-refractivity contribution in [2.75, 3.05) is 6.61 Å². The van der Waals surface area contributed by atoms with Gasteiger partial charge < -0.3 is 14.8 Å². The van der Waals surface area contributed by atoms with Crippen molar-refractivity contribution in [2.45, 2.75) is 45.1 Å². The van der Waals surface area contributed by atoms with E-state index in [4.69, 9.17) is 4.74 Å². The van der Waals surface area contributed by atoms with Crippen molar-refractivity contribution in [3.63, 3.8) is 0 Å². The van der Waals surface area contributed by atoms with Crippen LogP contribution in [0.25, 0.3) is 22.0 Å². The van der Waals surface area contributed by atoms with Gasteiger partial charge in [-0.3, -0.25) is 4.79 Å². The van der Waals surface area contributed by atoms with Gasteiger partial charge in [0.05, 0.1) is 18.7 Å². The summed E-state index contributed by atoms with van der Waals surface area (Å²) in [6.45, 7) is 4.75. The van der Waals surface area contributed by atoms with Crippen LogP contribution in [-0.2, 0) is 21.6 Å². The number of hydrogen-bond donors (Lipinski definition) is 2. The Bertz CT molecular complexity index is 1000. The van der Waals surface area contributed by atoms with Crippen molar-refractivity contribution in [1.29, 1.82) is 0 Å². The molecule has 2 heterocycles. The fourth-order valence-electron chi connectivity index (χ4n) is 4.55. The van der Waals surface area contributed by atoms with Crippen molar-refractivity contribution in [3.05, 3.63) is 59.3 Å². The number of fused-ring (bicyclic) bond motifs is 3. The Balaban J connectivity index is 1.98. The number of aromatic nitrogens is 1. The van der Waals surface area contributed by atoms with Gasteiger partial charge in [-0.25, -0.2) is 0 Å². The number of carbonyl (C=O) groups is 1. The lowest BCUT2D eigenvalue weighted by molar-refractivity contribution is -0.149. The van der Waals surface area contributed by atoms with E-state index in [1.54, 1.807) is 0 Å². The van der Waals surface area contributed by atoms with Gasteiger partial charge in [-0.1, -0.05) is 49.7 Å². The number of carboxylic acid groups (broad SMARTS) is 1. The zero-order valence-electron chi connectivity index (χ0n) is 15.8. The van der Waals surface area contributed by atoms with Gasteiger partial charge in [0.25, 0.3) is 0 Å². The normalized spacial score (nSPS) is 19.2. The molecule has 1 atom stereocenters. The molecule has 0 saturated heterocycles. The molecule has 1 aromatic heterocycles. The van der Waals surface area contributed by atoms with E-state index in [2.05, 4.69) is 61.3 Å². The average Bonchev–Trinajstić information content (AvgIpc) is 3.02. The van der Waals surface area contributed by atoms with Crippen LogP contribution in [-0.4, -0.2) is 22.7 Å². The third-order valence-corrected chi connectivity index (χ3v) is 5.64. The zero-order valence-corrected chi connectivity index (χ0v) is 15.8. The summed E-state index contributed by atoms with van der Waals surface area (Å²) in [5, 5.41) is 10.7. The maximum absolute atomic E-state index is 11.6. The molecule has 0 radical (unpaired) electrons. The summed E-state index contributed by atoms with van der Waals surface area (Å²) in [5.74, 6) is -0.825. The molecule has 3 aromatic rings. The second-order valence-corrected chi connectivity index (χ2v) is 7.43. The molecule has 2 aromatic carbocycles. The Labute approximate surface area is 159 Å². The number of aryl methyl sites for hydroxylation is 1. The molecule has 140 valence electrons. The third-order valence-electron chi connectivity index (χ3n) is 5.64. The fraction of sp³-hybridized carbons (Fsp3) is 0.348. The molecule has 4 heteroatoms. The van der Waals surface area contributed by atoms with Gasteiger partial charge in [-0.2, -0.15) is 0 Å². The minimum absolute atomic E-state index is 0.0135. The Morgan fingerprint density at radius 3 is 2.70 bits per heavy atom. The summed E-state index contributed by atoms with van der Waals surface area (Å²) in [6, 6.07) is 14.7. The van der Waals surface area contributed by atoms with Crippen LogP contribution in [0.3, 0.4) is 0 Å². The lowest BCUT2D eigenvalue weighted by Gasteiger charge is -2.36. The van der Waals surface area contributed by atoms with Gasteiger partial charge in [-0.15, -0.1) is 0 Å².